The molecule has 0 unspecified atom stereocenters. The normalized spacial score (nSPS) is 10.1. The molecule has 2 aromatic heterocycles. The van der Waals surface area contributed by atoms with Crippen LogP contribution in [0.3, 0.4) is 0 Å². The molecule has 0 saturated carbocycles. The van der Waals surface area contributed by atoms with Gasteiger partial charge in [-0.3, -0.25) is 9.59 Å². The maximum absolute atomic E-state index is 11.8. The van der Waals surface area contributed by atoms with E-state index in [0.29, 0.717) is 5.56 Å². The van der Waals surface area contributed by atoms with Gasteiger partial charge >= 0.3 is 0 Å². The quantitative estimate of drug-likeness (QED) is 0.715. The highest BCUT2D eigenvalue weighted by Crippen LogP contribution is 2.19. The number of hydrogen-bond donors (Lipinski definition) is 3. The van der Waals surface area contributed by atoms with Crippen LogP contribution in [0.1, 0.15) is 27.8 Å². The van der Waals surface area contributed by atoms with Crippen molar-refractivity contribution in [2.75, 3.05) is 5.32 Å². The second-order valence-corrected chi connectivity index (χ2v) is 3.68. The zero-order valence-electron chi connectivity index (χ0n) is 9.60. The minimum atomic E-state index is -0.475. The summed E-state index contributed by atoms with van der Waals surface area (Å²) in [6.45, 7) is 1.41. The van der Waals surface area contributed by atoms with Crippen LogP contribution in [0.25, 0.3) is 0 Å². The topological polar surface area (TPSA) is 95.1 Å². The van der Waals surface area contributed by atoms with Gasteiger partial charge in [0, 0.05) is 18.0 Å². The lowest BCUT2D eigenvalue weighted by Crippen LogP contribution is -2.13. The molecular formula is C12H11N3O3. The third-order valence-electron chi connectivity index (χ3n) is 2.35. The second-order valence-electron chi connectivity index (χ2n) is 3.68. The molecule has 2 aromatic rings. The number of anilines is 1. The molecule has 92 valence electrons. The number of H-pyrrole nitrogens is 1. The first kappa shape index (κ1) is 11.8. The number of nitrogens with one attached hydrogen (secondary N) is 2. The fraction of sp³-hybridized carbons (Fsp3) is 0.0833. The summed E-state index contributed by atoms with van der Waals surface area (Å²) in [5, 5.41) is 11.9. The highest BCUT2D eigenvalue weighted by atomic mass is 16.3. The predicted octanol–water partition coefficient (Wildman–Crippen LogP) is 1.57. The number of ketones is 1. The maximum atomic E-state index is 11.8. The van der Waals surface area contributed by atoms with E-state index in [9.17, 15) is 14.7 Å². The van der Waals surface area contributed by atoms with Crippen molar-refractivity contribution in [1.29, 1.82) is 0 Å². The molecule has 6 heteroatoms. The Morgan fingerprint density at radius 3 is 2.83 bits per heavy atom. The Morgan fingerprint density at radius 1 is 1.44 bits per heavy atom. The van der Waals surface area contributed by atoms with E-state index in [0.717, 1.165) is 0 Å². The molecule has 0 bridgehead atoms. The minimum Gasteiger partial charge on any atom is -0.504 e. The first-order chi connectivity index (χ1) is 8.58. The molecule has 0 aliphatic rings. The van der Waals surface area contributed by atoms with Gasteiger partial charge in [-0.2, -0.15) is 0 Å². The van der Waals surface area contributed by atoms with Crippen LogP contribution in [-0.2, 0) is 0 Å². The summed E-state index contributed by atoms with van der Waals surface area (Å²) in [5.41, 5.74) is 0.649. The molecule has 0 aromatic carbocycles. The van der Waals surface area contributed by atoms with Gasteiger partial charge in [-0.05, 0) is 25.1 Å². The van der Waals surface area contributed by atoms with Crippen molar-refractivity contribution in [3.05, 3.63) is 41.9 Å². The predicted molar refractivity (Wildman–Crippen MR) is 64.7 cm³/mol. The Balaban J connectivity index is 2.17. The Morgan fingerprint density at radius 2 is 2.22 bits per heavy atom. The van der Waals surface area contributed by atoms with E-state index in [2.05, 4.69) is 15.3 Å². The summed E-state index contributed by atoms with van der Waals surface area (Å²) >= 11 is 0. The molecule has 18 heavy (non-hydrogen) atoms. The van der Waals surface area contributed by atoms with Gasteiger partial charge in [0.05, 0.1) is 0 Å². The average Bonchev–Trinajstić information content (AvgIpc) is 2.81. The zero-order chi connectivity index (χ0) is 13.1. The minimum absolute atomic E-state index is 0.0708. The largest absolute Gasteiger partial charge is 0.504 e. The highest BCUT2D eigenvalue weighted by Gasteiger charge is 2.12. The van der Waals surface area contributed by atoms with Crippen LogP contribution >= 0.6 is 0 Å². The van der Waals surface area contributed by atoms with Gasteiger partial charge in [0.2, 0.25) is 0 Å². The SMILES string of the molecule is CC(=O)c1c[nH]c(C(=O)Nc2ncccc2O)c1. The molecule has 0 spiro atoms. The summed E-state index contributed by atoms with van der Waals surface area (Å²) in [6.07, 6.45) is 2.90. The molecule has 1 amide bonds. The van der Waals surface area contributed by atoms with Crippen LogP contribution in [-0.4, -0.2) is 26.8 Å². The molecule has 0 atom stereocenters. The van der Waals surface area contributed by atoms with E-state index in [1.54, 1.807) is 6.07 Å². The monoisotopic (exact) mass is 245 g/mol. The van der Waals surface area contributed by atoms with Crippen LogP contribution in [0.4, 0.5) is 5.82 Å². The lowest BCUT2D eigenvalue weighted by Gasteiger charge is -2.03. The number of carbonyl (C=O) groups excluding carboxylic acids is 2. The Hall–Kier alpha value is -2.63. The third-order valence-corrected chi connectivity index (χ3v) is 2.35. The van der Waals surface area contributed by atoms with Gasteiger partial charge in [0.15, 0.2) is 17.4 Å². The molecule has 3 N–H and O–H groups in total. The summed E-state index contributed by atoms with van der Waals surface area (Å²) < 4.78 is 0. The van der Waals surface area contributed by atoms with Gasteiger partial charge in [-0.15, -0.1) is 0 Å². The summed E-state index contributed by atoms with van der Waals surface area (Å²) in [4.78, 5) is 29.4. The van der Waals surface area contributed by atoms with Gasteiger partial charge in [-0.25, -0.2) is 4.98 Å². The van der Waals surface area contributed by atoms with E-state index in [1.807, 2.05) is 0 Å². The molecule has 6 nitrogen and oxygen atoms in total. The van der Waals surface area contributed by atoms with E-state index >= 15 is 0 Å². The third kappa shape index (κ3) is 2.37. The number of hydrogen-bond acceptors (Lipinski definition) is 4. The highest BCUT2D eigenvalue weighted by molar-refractivity contribution is 6.05. The number of carbonyl (C=O) groups is 2. The van der Waals surface area contributed by atoms with Gasteiger partial charge in [0.1, 0.15) is 5.69 Å². The average molecular weight is 245 g/mol. The van der Waals surface area contributed by atoms with Gasteiger partial charge in [-0.1, -0.05) is 0 Å². The number of aromatic nitrogens is 2. The van der Waals surface area contributed by atoms with Crippen molar-refractivity contribution in [3.8, 4) is 5.75 Å². The molecule has 2 heterocycles. The smallest absolute Gasteiger partial charge is 0.273 e. The van der Waals surface area contributed by atoms with Crippen LogP contribution in [0.5, 0.6) is 5.75 Å². The number of aromatic amines is 1. The first-order valence-corrected chi connectivity index (χ1v) is 5.22. The second kappa shape index (κ2) is 4.70. The van der Waals surface area contributed by atoms with E-state index in [1.165, 1.54) is 31.5 Å². The first-order valence-electron chi connectivity index (χ1n) is 5.22. The summed E-state index contributed by atoms with van der Waals surface area (Å²) in [6, 6.07) is 4.41. The van der Waals surface area contributed by atoms with Gasteiger partial charge < -0.3 is 15.4 Å². The number of aromatic hydroxyl groups is 1. The van der Waals surface area contributed by atoms with Crippen molar-refractivity contribution in [3.63, 3.8) is 0 Å². The van der Waals surface area contributed by atoms with Crippen LogP contribution in [0.15, 0.2) is 30.6 Å². The fourth-order valence-electron chi connectivity index (χ4n) is 1.40. The summed E-state index contributed by atoms with van der Waals surface area (Å²) in [7, 11) is 0. The summed E-state index contributed by atoms with van der Waals surface area (Å²) in [5.74, 6) is -0.659. The lowest BCUT2D eigenvalue weighted by atomic mass is 10.2. The molecule has 0 saturated heterocycles. The standard InChI is InChI=1S/C12H11N3O3/c1-7(16)8-5-9(14-6-8)12(18)15-11-10(17)3-2-4-13-11/h2-6,14,17H,1H3,(H,13,15,18). The number of Topliss-reactive ketones (excluding diaryl/α,β-unsaturated/α-hetero) is 1. The van der Waals surface area contributed by atoms with Crippen molar-refractivity contribution in [1.82, 2.24) is 9.97 Å². The lowest BCUT2D eigenvalue weighted by molar-refractivity contribution is 0.101. The van der Waals surface area contributed by atoms with Crippen molar-refractivity contribution in [2.24, 2.45) is 0 Å². The number of nitrogens with zero attached hydrogens (tertiary/aromatic N) is 1. The molecule has 0 radical (unpaired) electrons. The molecular weight excluding hydrogens is 234 g/mol. The van der Waals surface area contributed by atoms with Crippen LogP contribution in [0, 0.1) is 0 Å². The van der Waals surface area contributed by atoms with Gasteiger partial charge in [0.25, 0.3) is 5.91 Å². The van der Waals surface area contributed by atoms with Crippen molar-refractivity contribution in [2.45, 2.75) is 6.92 Å². The Labute approximate surface area is 103 Å². The van der Waals surface area contributed by atoms with Crippen LogP contribution < -0.4 is 5.32 Å². The Kier molecular flexibility index (Phi) is 3.09. The van der Waals surface area contributed by atoms with Crippen molar-refractivity contribution >= 4 is 17.5 Å². The molecule has 2 rings (SSSR count). The zero-order valence-corrected chi connectivity index (χ0v) is 9.60. The Bertz CT molecular complexity index is 604. The van der Waals surface area contributed by atoms with E-state index in [-0.39, 0.29) is 23.0 Å². The number of amides is 1. The van der Waals surface area contributed by atoms with Crippen LogP contribution in [0.2, 0.25) is 0 Å². The number of pyridine rings is 1. The van der Waals surface area contributed by atoms with E-state index < -0.39 is 5.91 Å². The molecule has 0 aliphatic heterocycles. The van der Waals surface area contributed by atoms with E-state index in [4.69, 9.17) is 0 Å². The maximum Gasteiger partial charge on any atom is 0.273 e. The molecule has 0 fully saturated rings. The molecule has 0 aliphatic carbocycles. The number of rotatable bonds is 3. The fourth-order valence-corrected chi connectivity index (χ4v) is 1.40. The van der Waals surface area contributed by atoms with Crippen molar-refractivity contribution < 1.29 is 14.7 Å².